The Balaban J connectivity index is 1.44. The molecule has 1 aliphatic carbocycles. The Morgan fingerprint density at radius 2 is 1.90 bits per heavy atom. The van der Waals surface area contributed by atoms with Crippen LogP contribution in [0, 0.1) is 17.3 Å². The van der Waals surface area contributed by atoms with Crippen LogP contribution < -0.4 is 10.6 Å². The van der Waals surface area contributed by atoms with Gasteiger partial charge in [-0.25, -0.2) is 0 Å². The summed E-state index contributed by atoms with van der Waals surface area (Å²) in [7, 11) is 0. The van der Waals surface area contributed by atoms with Crippen LogP contribution in [0.25, 0.3) is 0 Å². The van der Waals surface area contributed by atoms with Crippen molar-refractivity contribution in [3.63, 3.8) is 0 Å². The second-order valence-corrected chi connectivity index (χ2v) is 7.07. The summed E-state index contributed by atoms with van der Waals surface area (Å²) in [5.74, 6) is 1.27. The molecule has 2 heterocycles. The summed E-state index contributed by atoms with van der Waals surface area (Å²) in [5, 5.41) is 6.28. The lowest BCUT2D eigenvalue weighted by Gasteiger charge is -2.33. The number of nitrogens with one attached hydrogen (secondary N) is 2. The first-order valence-corrected chi connectivity index (χ1v) is 8.35. The van der Waals surface area contributed by atoms with Gasteiger partial charge in [0.15, 0.2) is 0 Å². The van der Waals surface area contributed by atoms with Gasteiger partial charge >= 0.3 is 0 Å². The molecule has 0 aromatic heterocycles. The van der Waals surface area contributed by atoms with E-state index in [9.17, 15) is 9.59 Å². The molecule has 1 saturated carbocycles. The highest BCUT2D eigenvalue weighted by atomic mass is 16.2. The summed E-state index contributed by atoms with van der Waals surface area (Å²) in [4.78, 5) is 25.7. The lowest BCUT2D eigenvalue weighted by Crippen LogP contribution is -2.43. The van der Waals surface area contributed by atoms with Crippen molar-refractivity contribution in [3.8, 4) is 0 Å². The fraction of sp³-hybridized carbons (Fsp3) is 0.875. The number of hydrogen-bond acceptors (Lipinski definition) is 3. The van der Waals surface area contributed by atoms with E-state index in [0.29, 0.717) is 23.2 Å². The molecule has 1 atom stereocenters. The van der Waals surface area contributed by atoms with E-state index in [1.807, 2.05) is 0 Å². The molecule has 2 aliphatic heterocycles. The molecular weight excluding hydrogens is 266 g/mol. The molecule has 0 bridgehead atoms. The molecule has 0 radical (unpaired) electrons. The fourth-order valence-electron chi connectivity index (χ4n) is 4.04. The maximum atomic E-state index is 12.6. The Bertz CT molecular complexity index is 410. The summed E-state index contributed by atoms with van der Waals surface area (Å²) in [6.45, 7) is 6.20. The average molecular weight is 293 g/mol. The van der Waals surface area contributed by atoms with Gasteiger partial charge in [0.05, 0.1) is 0 Å². The van der Waals surface area contributed by atoms with E-state index in [1.165, 1.54) is 12.8 Å². The van der Waals surface area contributed by atoms with Gasteiger partial charge in [-0.15, -0.1) is 0 Å². The normalized spacial score (nSPS) is 28.4. The van der Waals surface area contributed by atoms with E-state index in [2.05, 4.69) is 15.5 Å². The molecule has 5 nitrogen and oxygen atoms in total. The highest BCUT2D eigenvalue weighted by Crippen LogP contribution is 2.59. The van der Waals surface area contributed by atoms with Gasteiger partial charge in [-0.05, 0) is 56.5 Å². The Labute approximate surface area is 126 Å². The third-order valence-electron chi connectivity index (χ3n) is 5.65. The number of likely N-dealkylation sites (tertiary alicyclic amines) is 1. The Morgan fingerprint density at radius 3 is 2.52 bits per heavy atom. The maximum absolute atomic E-state index is 12.6. The zero-order valence-electron chi connectivity index (χ0n) is 13.0. The minimum Gasteiger partial charge on any atom is -0.356 e. The van der Waals surface area contributed by atoms with Crippen molar-refractivity contribution < 1.29 is 9.59 Å². The highest BCUT2D eigenvalue weighted by Gasteiger charge is 2.58. The summed E-state index contributed by atoms with van der Waals surface area (Å²) >= 11 is 0. The molecule has 2 amide bonds. The van der Waals surface area contributed by atoms with Crippen molar-refractivity contribution in [3.05, 3.63) is 0 Å². The quantitative estimate of drug-likeness (QED) is 0.807. The first kappa shape index (κ1) is 14.8. The van der Waals surface area contributed by atoms with Crippen LogP contribution in [0.5, 0.6) is 0 Å². The summed E-state index contributed by atoms with van der Waals surface area (Å²) in [5.41, 5.74) is 0.343. The zero-order chi connectivity index (χ0) is 14.9. The van der Waals surface area contributed by atoms with Gasteiger partial charge in [0.25, 0.3) is 0 Å². The number of rotatable bonds is 3. The first-order chi connectivity index (χ1) is 10.1. The summed E-state index contributed by atoms with van der Waals surface area (Å²) < 4.78 is 0. The molecule has 3 fully saturated rings. The predicted molar refractivity (Wildman–Crippen MR) is 80.6 cm³/mol. The largest absolute Gasteiger partial charge is 0.356 e. The molecule has 3 aliphatic rings. The van der Waals surface area contributed by atoms with Crippen LogP contribution in [0.4, 0.5) is 0 Å². The first-order valence-electron chi connectivity index (χ1n) is 8.35. The molecule has 5 heteroatoms. The molecule has 118 valence electrons. The van der Waals surface area contributed by atoms with Crippen LogP contribution in [0.2, 0.25) is 0 Å². The number of nitrogens with zero attached hydrogens (tertiary/aromatic N) is 1. The van der Waals surface area contributed by atoms with E-state index < -0.39 is 0 Å². The van der Waals surface area contributed by atoms with Crippen LogP contribution >= 0.6 is 0 Å². The third kappa shape index (κ3) is 3.23. The predicted octanol–water partition coefficient (Wildman–Crippen LogP) is 0.751. The second kappa shape index (κ2) is 5.95. The van der Waals surface area contributed by atoms with Crippen LogP contribution in [0.15, 0.2) is 0 Å². The molecule has 1 unspecified atom stereocenters. The SMILES string of the molecule is CC(=O)NCC1CCN(C(=O)C2CC23CCNCC3)CC1. The van der Waals surface area contributed by atoms with E-state index >= 15 is 0 Å². The molecule has 0 aromatic carbocycles. The van der Waals surface area contributed by atoms with Crippen LogP contribution in [-0.4, -0.2) is 49.4 Å². The molecule has 2 saturated heterocycles. The van der Waals surface area contributed by atoms with Crippen molar-refractivity contribution in [2.75, 3.05) is 32.7 Å². The average Bonchev–Trinajstić information content (AvgIpc) is 3.19. The maximum Gasteiger partial charge on any atom is 0.226 e. The van der Waals surface area contributed by atoms with Gasteiger partial charge in [-0.1, -0.05) is 0 Å². The summed E-state index contributed by atoms with van der Waals surface area (Å²) in [6.07, 6.45) is 5.49. The molecular formula is C16H27N3O2. The van der Waals surface area contributed by atoms with Gasteiger partial charge in [-0.2, -0.15) is 0 Å². The van der Waals surface area contributed by atoms with Crippen molar-refractivity contribution in [2.45, 2.75) is 39.0 Å². The molecule has 3 rings (SSSR count). The van der Waals surface area contributed by atoms with Gasteiger partial charge in [0, 0.05) is 32.5 Å². The molecule has 1 spiro atoms. The van der Waals surface area contributed by atoms with E-state index in [4.69, 9.17) is 0 Å². The fourth-order valence-corrected chi connectivity index (χ4v) is 4.04. The van der Waals surface area contributed by atoms with Crippen molar-refractivity contribution in [1.29, 1.82) is 0 Å². The van der Waals surface area contributed by atoms with Gasteiger partial charge in [-0.3, -0.25) is 9.59 Å². The second-order valence-electron chi connectivity index (χ2n) is 7.07. The zero-order valence-corrected chi connectivity index (χ0v) is 13.0. The van der Waals surface area contributed by atoms with Crippen LogP contribution in [-0.2, 0) is 9.59 Å². The van der Waals surface area contributed by atoms with E-state index in [0.717, 1.165) is 52.0 Å². The lowest BCUT2D eigenvalue weighted by molar-refractivity contribution is -0.135. The smallest absolute Gasteiger partial charge is 0.226 e. The van der Waals surface area contributed by atoms with Crippen LogP contribution in [0.3, 0.4) is 0 Å². The lowest BCUT2D eigenvalue weighted by atomic mass is 9.91. The Kier molecular flexibility index (Phi) is 4.20. The number of hydrogen-bond donors (Lipinski definition) is 2. The minimum absolute atomic E-state index is 0.0411. The van der Waals surface area contributed by atoms with E-state index in [1.54, 1.807) is 6.92 Å². The van der Waals surface area contributed by atoms with Gasteiger partial charge in [0.2, 0.25) is 11.8 Å². The number of carbonyl (C=O) groups is 2. The van der Waals surface area contributed by atoms with Gasteiger partial charge in [0.1, 0.15) is 0 Å². The monoisotopic (exact) mass is 293 g/mol. The molecule has 2 N–H and O–H groups in total. The number of amides is 2. The number of piperidine rings is 2. The van der Waals surface area contributed by atoms with Crippen molar-refractivity contribution in [1.82, 2.24) is 15.5 Å². The van der Waals surface area contributed by atoms with E-state index in [-0.39, 0.29) is 5.91 Å². The highest BCUT2D eigenvalue weighted by molar-refractivity contribution is 5.82. The minimum atomic E-state index is 0.0411. The van der Waals surface area contributed by atoms with Gasteiger partial charge < -0.3 is 15.5 Å². The molecule has 21 heavy (non-hydrogen) atoms. The van der Waals surface area contributed by atoms with Crippen LogP contribution in [0.1, 0.15) is 39.0 Å². The topological polar surface area (TPSA) is 61.4 Å². The molecule has 0 aromatic rings. The third-order valence-corrected chi connectivity index (χ3v) is 5.65. The Hall–Kier alpha value is -1.10. The summed E-state index contributed by atoms with van der Waals surface area (Å²) in [6, 6.07) is 0. The Morgan fingerprint density at radius 1 is 1.24 bits per heavy atom. The van der Waals surface area contributed by atoms with Crippen molar-refractivity contribution in [2.24, 2.45) is 17.3 Å². The van der Waals surface area contributed by atoms with Crippen molar-refractivity contribution >= 4 is 11.8 Å². The number of carbonyl (C=O) groups excluding carboxylic acids is 2. The standard InChI is InChI=1S/C16H27N3O2/c1-12(20)18-11-13-2-8-19(9-3-13)15(21)14-10-16(14)4-6-17-7-5-16/h13-14,17H,2-11H2,1H3,(H,18,20).